The molecule has 2 amide bonds. The van der Waals surface area contributed by atoms with Gasteiger partial charge in [0.15, 0.2) is 11.5 Å². The van der Waals surface area contributed by atoms with Crippen molar-refractivity contribution in [2.45, 2.75) is 25.3 Å². The van der Waals surface area contributed by atoms with Gasteiger partial charge in [-0.25, -0.2) is 0 Å². The van der Waals surface area contributed by atoms with Gasteiger partial charge < -0.3 is 19.3 Å². The number of likely N-dealkylation sites (tertiary alicyclic amines) is 1. The first-order valence-corrected chi connectivity index (χ1v) is 12.8. The van der Waals surface area contributed by atoms with Gasteiger partial charge in [-0.3, -0.25) is 9.59 Å². The Labute approximate surface area is 211 Å². The number of thiophene rings is 1. The lowest BCUT2D eigenvalue weighted by Gasteiger charge is -2.40. The molecular weight excluding hydrogens is 460 g/mol. The molecule has 1 unspecified atom stereocenters. The van der Waals surface area contributed by atoms with Crippen LogP contribution in [0.1, 0.15) is 38.4 Å². The Balaban J connectivity index is 1.50. The van der Waals surface area contributed by atoms with Gasteiger partial charge in [-0.15, -0.1) is 11.3 Å². The van der Waals surface area contributed by atoms with E-state index in [1.165, 1.54) is 16.9 Å². The van der Waals surface area contributed by atoms with Gasteiger partial charge in [-0.05, 0) is 54.3 Å². The SMILES string of the molecule is COc1cccc(C(=O)N2CCC(C(Cc3ccccc3)N(C)C(=O)c3cccs3)CC2)c1OC. The molecule has 2 aromatic carbocycles. The number of carbonyl (C=O) groups excluding carboxylic acids is 2. The van der Waals surface area contributed by atoms with Crippen LogP contribution in [-0.4, -0.2) is 62.0 Å². The number of hydrogen-bond acceptors (Lipinski definition) is 5. The maximum Gasteiger partial charge on any atom is 0.263 e. The quantitative estimate of drug-likeness (QED) is 0.444. The topological polar surface area (TPSA) is 59.1 Å². The maximum atomic E-state index is 13.3. The van der Waals surface area contributed by atoms with Crippen LogP contribution in [0.4, 0.5) is 0 Å². The number of rotatable bonds is 8. The average molecular weight is 493 g/mol. The van der Waals surface area contributed by atoms with Crippen LogP contribution >= 0.6 is 11.3 Å². The van der Waals surface area contributed by atoms with Crippen molar-refractivity contribution in [1.82, 2.24) is 9.80 Å². The highest BCUT2D eigenvalue weighted by Gasteiger charge is 2.34. The monoisotopic (exact) mass is 492 g/mol. The molecule has 0 N–H and O–H groups in total. The zero-order valence-electron chi connectivity index (χ0n) is 20.5. The van der Waals surface area contributed by atoms with Crippen LogP contribution < -0.4 is 9.47 Å². The summed E-state index contributed by atoms with van der Waals surface area (Å²) in [5.74, 6) is 1.30. The second kappa shape index (κ2) is 11.4. The van der Waals surface area contributed by atoms with Gasteiger partial charge in [0.25, 0.3) is 11.8 Å². The van der Waals surface area contributed by atoms with Crippen molar-refractivity contribution in [3.05, 3.63) is 82.0 Å². The molecule has 7 heteroatoms. The molecule has 35 heavy (non-hydrogen) atoms. The third kappa shape index (κ3) is 5.51. The van der Waals surface area contributed by atoms with E-state index in [9.17, 15) is 9.59 Å². The Hall–Kier alpha value is -3.32. The summed E-state index contributed by atoms with van der Waals surface area (Å²) >= 11 is 1.47. The van der Waals surface area contributed by atoms with Gasteiger partial charge >= 0.3 is 0 Å². The van der Waals surface area contributed by atoms with Crippen molar-refractivity contribution < 1.29 is 19.1 Å². The van der Waals surface area contributed by atoms with Crippen LogP contribution in [0, 0.1) is 5.92 Å². The first kappa shape index (κ1) is 24.8. The Kier molecular flexibility index (Phi) is 8.08. The van der Waals surface area contributed by atoms with Crippen LogP contribution in [0.5, 0.6) is 11.5 Å². The van der Waals surface area contributed by atoms with Crippen molar-refractivity contribution in [2.24, 2.45) is 5.92 Å². The highest BCUT2D eigenvalue weighted by atomic mass is 32.1. The van der Waals surface area contributed by atoms with Gasteiger partial charge in [-0.2, -0.15) is 0 Å². The molecule has 2 heterocycles. The Morgan fingerprint density at radius 3 is 2.37 bits per heavy atom. The largest absolute Gasteiger partial charge is 0.493 e. The van der Waals surface area contributed by atoms with E-state index < -0.39 is 0 Å². The molecule has 0 radical (unpaired) electrons. The average Bonchev–Trinajstić information content (AvgIpc) is 3.46. The number of methoxy groups -OCH3 is 2. The lowest BCUT2D eigenvalue weighted by molar-refractivity contribution is 0.0523. The molecule has 4 rings (SSSR count). The zero-order chi connectivity index (χ0) is 24.8. The Bertz CT molecular complexity index is 1130. The summed E-state index contributed by atoms with van der Waals surface area (Å²) < 4.78 is 10.8. The molecule has 0 spiro atoms. The maximum absolute atomic E-state index is 13.3. The van der Waals surface area contributed by atoms with Crippen LogP contribution in [0.3, 0.4) is 0 Å². The molecule has 3 aromatic rings. The van der Waals surface area contributed by atoms with Crippen molar-refractivity contribution >= 4 is 23.2 Å². The molecular formula is C28H32N2O4S. The predicted octanol–water partition coefficient (Wildman–Crippen LogP) is 5.00. The molecule has 184 valence electrons. The first-order valence-electron chi connectivity index (χ1n) is 11.9. The number of amides is 2. The minimum absolute atomic E-state index is 0.0515. The second-order valence-corrected chi connectivity index (χ2v) is 9.77. The van der Waals surface area contributed by atoms with Crippen molar-refractivity contribution in [2.75, 3.05) is 34.4 Å². The number of likely N-dealkylation sites (N-methyl/N-ethyl adjacent to an activating group) is 1. The highest BCUT2D eigenvalue weighted by Crippen LogP contribution is 2.33. The van der Waals surface area contributed by atoms with E-state index in [-0.39, 0.29) is 17.9 Å². The number of para-hydroxylation sites is 1. The van der Waals surface area contributed by atoms with Crippen molar-refractivity contribution in [3.8, 4) is 11.5 Å². The van der Waals surface area contributed by atoms with E-state index in [4.69, 9.17) is 9.47 Å². The standard InChI is InChI=1S/C28H32N2O4S/c1-29(28(32)25-13-8-18-35-25)23(19-20-9-5-4-6-10-20)21-14-16-30(17-15-21)27(31)22-11-7-12-24(33-2)26(22)34-3/h4-13,18,21,23H,14-17,19H2,1-3H3. The van der Waals surface area contributed by atoms with E-state index in [1.807, 2.05) is 58.6 Å². The Morgan fingerprint density at radius 2 is 1.74 bits per heavy atom. The summed E-state index contributed by atoms with van der Waals surface area (Å²) in [6, 6.07) is 19.5. The fraction of sp³-hybridized carbons (Fsp3) is 0.357. The highest BCUT2D eigenvalue weighted by molar-refractivity contribution is 7.12. The third-order valence-electron chi connectivity index (χ3n) is 6.84. The summed E-state index contributed by atoms with van der Waals surface area (Å²) in [7, 11) is 5.03. The minimum Gasteiger partial charge on any atom is -0.493 e. The molecule has 1 saturated heterocycles. The van der Waals surface area contributed by atoms with Crippen LogP contribution in [0.15, 0.2) is 66.0 Å². The predicted molar refractivity (Wildman–Crippen MR) is 139 cm³/mol. The number of carbonyl (C=O) groups is 2. The van der Waals surface area contributed by atoms with Gasteiger partial charge in [0.2, 0.25) is 0 Å². The smallest absolute Gasteiger partial charge is 0.263 e. The normalized spacial score (nSPS) is 14.9. The van der Waals surface area contributed by atoms with Gasteiger partial charge in [-0.1, -0.05) is 42.5 Å². The van der Waals surface area contributed by atoms with Crippen LogP contribution in [0.25, 0.3) is 0 Å². The molecule has 6 nitrogen and oxygen atoms in total. The van der Waals surface area contributed by atoms with Gasteiger partial charge in [0, 0.05) is 26.2 Å². The van der Waals surface area contributed by atoms with E-state index in [2.05, 4.69) is 12.1 Å². The number of nitrogens with zero attached hydrogens (tertiary/aromatic N) is 2. The number of piperidine rings is 1. The fourth-order valence-corrected chi connectivity index (χ4v) is 5.62. The first-order chi connectivity index (χ1) is 17.0. The van der Waals surface area contributed by atoms with Crippen LogP contribution in [0.2, 0.25) is 0 Å². The molecule has 1 atom stereocenters. The molecule has 1 aliphatic rings. The van der Waals surface area contributed by atoms with Gasteiger partial charge in [0.05, 0.1) is 24.7 Å². The van der Waals surface area contributed by atoms with E-state index in [0.29, 0.717) is 36.1 Å². The molecule has 0 bridgehead atoms. The third-order valence-corrected chi connectivity index (χ3v) is 7.70. The fourth-order valence-electron chi connectivity index (χ4n) is 4.91. The van der Waals surface area contributed by atoms with E-state index in [1.54, 1.807) is 26.4 Å². The number of benzene rings is 2. The number of hydrogen-bond donors (Lipinski definition) is 0. The summed E-state index contributed by atoms with van der Waals surface area (Å²) in [6.45, 7) is 1.27. The second-order valence-electron chi connectivity index (χ2n) is 8.82. The summed E-state index contributed by atoms with van der Waals surface area (Å²) in [5, 5.41) is 1.93. The summed E-state index contributed by atoms with van der Waals surface area (Å²) in [5.41, 5.74) is 1.72. The zero-order valence-corrected chi connectivity index (χ0v) is 21.3. The molecule has 1 aliphatic heterocycles. The van der Waals surface area contributed by atoms with Gasteiger partial charge in [0.1, 0.15) is 0 Å². The lowest BCUT2D eigenvalue weighted by Crippen LogP contribution is -2.48. The molecule has 1 aromatic heterocycles. The molecule has 1 fully saturated rings. The molecule has 0 saturated carbocycles. The number of ether oxygens (including phenoxy) is 2. The minimum atomic E-state index is -0.0539. The van der Waals surface area contributed by atoms with E-state index in [0.717, 1.165) is 24.1 Å². The summed E-state index contributed by atoms with van der Waals surface area (Å²) in [6.07, 6.45) is 2.45. The van der Waals surface area contributed by atoms with Crippen molar-refractivity contribution in [1.29, 1.82) is 0 Å². The summed E-state index contributed by atoms with van der Waals surface area (Å²) in [4.78, 5) is 31.1. The van der Waals surface area contributed by atoms with Crippen molar-refractivity contribution in [3.63, 3.8) is 0 Å². The van der Waals surface area contributed by atoms with Crippen LogP contribution in [-0.2, 0) is 6.42 Å². The van der Waals surface area contributed by atoms with E-state index >= 15 is 0 Å². The Morgan fingerprint density at radius 1 is 1.00 bits per heavy atom. The lowest BCUT2D eigenvalue weighted by atomic mass is 9.84. The molecule has 0 aliphatic carbocycles.